The smallest absolute Gasteiger partial charge is 0.407 e. The minimum atomic E-state index is -0.404. The highest BCUT2D eigenvalue weighted by Gasteiger charge is 2.27. The molecule has 0 aliphatic carbocycles. The summed E-state index contributed by atoms with van der Waals surface area (Å²) >= 11 is 0. The van der Waals surface area contributed by atoms with Gasteiger partial charge in [-0.2, -0.15) is 0 Å². The van der Waals surface area contributed by atoms with E-state index in [0.717, 1.165) is 19.4 Å². The van der Waals surface area contributed by atoms with Gasteiger partial charge in [0.2, 0.25) is 5.91 Å². The first-order valence-corrected chi connectivity index (χ1v) is 6.47. The van der Waals surface area contributed by atoms with E-state index in [1.807, 2.05) is 6.92 Å². The molecule has 1 aliphatic heterocycles. The fourth-order valence-corrected chi connectivity index (χ4v) is 2.03. The zero-order valence-corrected chi connectivity index (χ0v) is 11.4. The summed E-state index contributed by atoms with van der Waals surface area (Å²) in [5.41, 5.74) is 0. The first-order chi connectivity index (χ1) is 8.58. The molecule has 1 fully saturated rings. The van der Waals surface area contributed by atoms with E-state index in [4.69, 9.17) is 4.74 Å². The molecule has 1 rings (SSSR count). The van der Waals surface area contributed by atoms with Crippen LogP contribution in [-0.2, 0) is 9.53 Å². The summed E-state index contributed by atoms with van der Waals surface area (Å²) in [4.78, 5) is 25.1. The number of ether oxygens (including phenoxy) is 1. The molecule has 6 heteroatoms. The molecule has 0 spiro atoms. The minimum Gasteiger partial charge on any atom is -0.450 e. The number of nitrogens with one attached hydrogen (secondary N) is 2. The van der Waals surface area contributed by atoms with E-state index in [9.17, 15) is 9.59 Å². The molecule has 6 nitrogen and oxygen atoms in total. The van der Waals surface area contributed by atoms with Crippen molar-refractivity contribution in [3.05, 3.63) is 0 Å². The second-order valence-electron chi connectivity index (χ2n) is 4.50. The normalized spacial score (nSPS) is 21.3. The average Bonchev–Trinajstić information content (AvgIpc) is 2.37. The molecule has 104 valence electrons. The Morgan fingerprint density at radius 1 is 1.50 bits per heavy atom. The number of alkyl carbamates (subject to hydrolysis) is 1. The summed E-state index contributed by atoms with van der Waals surface area (Å²) in [6, 6.07) is -0.197. The van der Waals surface area contributed by atoms with Crippen molar-refractivity contribution in [2.24, 2.45) is 0 Å². The van der Waals surface area contributed by atoms with Gasteiger partial charge < -0.3 is 20.3 Å². The van der Waals surface area contributed by atoms with E-state index in [2.05, 4.69) is 10.6 Å². The van der Waals surface area contributed by atoms with Gasteiger partial charge in [0.15, 0.2) is 0 Å². The van der Waals surface area contributed by atoms with Crippen molar-refractivity contribution < 1.29 is 14.3 Å². The Balaban J connectivity index is 2.45. The highest BCUT2D eigenvalue weighted by Crippen LogP contribution is 2.11. The first kappa shape index (κ1) is 14.8. The quantitative estimate of drug-likeness (QED) is 0.761. The van der Waals surface area contributed by atoms with Gasteiger partial charge in [0.05, 0.1) is 12.6 Å². The van der Waals surface area contributed by atoms with Crippen molar-refractivity contribution in [3.63, 3.8) is 0 Å². The molecule has 0 radical (unpaired) electrons. The van der Waals surface area contributed by atoms with Crippen LogP contribution in [0.1, 0.15) is 26.7 Å². The second kappa shape index (κ2) is 7.20. The highest BCUT2D eigenvalue weighted by atomic mass is 16.5. The lowest BCUT2D eigenvalue weighted by molar-refractivity contribution is -0.134. The van der Waals surface area contributed by atoms with E-state index < -0.39 is 6.09 Å². The predicted octanol–water partition coefficient (Wildman–Crippen LogP) is 0.331. The molecule has 1 saturated heterocycles. The van der Waals surface area contributed by atoms with Crippen LogP contribution in [0.4, 0.5) is 4.79 Å². The number of carbonyl (C=O) groups excluding carboxylic acids is 2. The molecular formula is C12H23N3O3. The van der Waals surface area contributed by atoms with Gasteiger partial charge in [-0.1, -0.05) is 0 Å². The molecule has 0 aromatic carbocycles. The summed E-state index contributed by atoms with van der Waals surface area (Å²) in [6.07, 6.45) is 1.38. The number of hydrogen-bond acceptors (Lipinski definition) is 4. The number of amides is 2. The highest BCUT2D eigenvalue weighted by molar-refractivity contribution is 5.81. The molecule has 0 bridgehead atoms. The maximum Gasteiger partial charge on any atom is 0.407 e. The number of likely N-dealkylation sites (tertiary alicyclic amines) is 1. The van der Waals surface area contributed by atoms with Crippen molar-refractivity contribution in [3.8, 4) is 0 Å². The maximum atomic E-state index is 12.0. The van der Waals surface area contributed by atoms with E-state index in [1.54, 1.807) is 18.9 Å². The summed E-state index contributed by atoms with van der Waals surface area (Å²) in [5, 5.41) is 5.72. The zero-order chi connectivity index (χ0) is 13.5. The van der Waals surface area contributed by atoms with Crippen molar-refractivity contribution in [2.75, 3.05) is 26.7 Å². The van der Waals surface area contributed by atoms with Crippen molar-refractivity contribution >= 4 is 12.0 Å². The monoisotopic (exact) mass is 257 g/mol. The SMILES string of the molecule is CCOC(=O)NC1CCCN(C(=O)C(C)NC)C1. The van der Waals surface area contributed by atoms with Crippen LogP contribution >= 0.6 is 0 Å². The number of carbonyl (C=O) groups is 2. The molecule has 2 atom stereocenters. The number of nitrogens with zero attached hydrogens (tertiary/aromatic N) is 1. The Morgan fingerprint density at radius 2 is 2.22 bits per heavy atom. The van der Waals surface area contributed by atoms with Crippen molar-refractivity contribution in [1.29, 1.82) is 0 Å². The predicted molar refractivity (Wildman–Crippen MR) is 68.3 cm³/mol. The van der Waals surface area contributed by atoms with Gasteiger partial charge in [0.1, 0.15) is 0 Å². The van der Waals surface area contributed by atoms with Crippen molar-refractivity contribution in [1.82, 2.24) is 15.5 Å². The van der Waals surface area contributed by atoms with Gasteiger partial charge in [0, 0.05) is 19.1 Å². The Bertz CT molecular complexity index is 296. The zero-order valence-electron chi connectivity index (χ0n) is 11.4. The summed E-state index contributed by atoms with van der Waals surface area (Å²) in [7, 11) is 1.76. The molecular weight excluding hydrogens is 234 g/mol. The Morgan fingerprint density at radius 3 is 2.83 bits per heavy atom. The maximum absolute atomic E-state index is 12.0. The second-order valence-corrected chi connectivity index (χ2v) is 4.50. The number of rotatable bonds is 4. The van der Waals surface area contributed by atoms with Crippen LogP contribution in [0.3, 0.4) is 0 Å². The van der Waals surface area contributed by atoms with Gasteiger partial charge in [0.25, 0.3) is 0 Å². The van der Waals surface area contributed by atoms with E-state index in [-0.39, 0.29) is 18.0 Å². The molecule has 0 saturated carbocycles. The van der Waals surface area contributed by atoms with Crippen LogP contribution in [0.2, 0.25) is 0 Å². The lowest BCUT2D eigenvalue weighted by Gasteiger charge is -2.34. The Labute approximate surface area is 108 Å². The first-order valence-electron chi connectivity index (χ1n) is 6.47. The fourth-order valence-electron chi connectivity index (χ4n) is 2.03. The molecule has 1 heterocycles. The molecule has 0 aromatic heterocycles. The van der Waals surface area contributed by atoms with Crippen molar-refractivity contribution in [2.45, 2.75) is 38.8 Å². The molecule has 2 unspecified atom stereocenters. The largest absolute Gasteiger partial charge is 0.450 e. The van der Waals surface area contributed by atoms with Crippen LogP contribution < -0.4 is 10.6 Å². The molecule has 2 N–H and O–H groups in total. The van der Waals surface area contributed by atoms with Crippen LogP contribution in [0.5, 0.6) is 0 Å². The molecule has 18 heavy (non-hydrogen) atoms. The van der Waals surface area contributed by atoms with Gasteiger partial charge >= 0.3 is 6.09 Å². The molecule has 1 aliphatic rings. The van der Waals surface area contributed by atoms with Gasteiger partial charge in [-0.05, 0) is 33.7 Å². The average molecular weight is 257 g/mol. The number of likely N-dealkylation sites (N-methyl/N-ethyl adjacent to an activating group) is 1. The molecule has 2 amide bonds. The van der Waals surface area contributed by atoms with Gasteiger partial charge in [-0.3, -0.25) is 4.79 Å². The minimum absolute atomic E-state index is 0.00851. The lowest BCUT2D eigenvalue weighted by atomic mass is 10.1. The number of piperidine rings is 1. The van der Waals surface area contributed by atoms with Gasteiger partial charge in [-0.25, -0.2) is 4.79 Å². The summed E-state index contributed by atoms with van der Waals surface area (Å²) in [5.74, 6) is 0.0767. The Hall–Kier alpha value is -1.30. The van der Waals surface area contributed by atoms with E-state index in [0.29, 0.717) is 13.2 Å². The Kier molecular flexibility index (Phi) is 5.91. The fraction of sp³-hybridized carbons (Fsp3) is 0.833. The van der Waals surface area contributed by atoms with Crippen LogP contribution in [0.15, 0.2) is 0 Å². The van der Waals surface area contributed by atoms with E-state index in [1.165, 1.54) is 0 Å². The third-order valence-electron chi connectivity index (χ3n) is 3.13. The molecule has 0 aromatic rings. The van der Waals surface area contributed by atoms with Crippen LogP contribution in [0.25, 0.3) is 0 Å². The standard InChI is InChI=1S/C12H23N3O3/c1-4-18-12(17)14-10-6-5-7-15(8-10)11(16)9(2)13-3/h9-10,13H,4-8H2,1-3H3,(H,14,17). The topological polar surface area (TPSA) is 70.7 Å². The summed E-state index contributed by atoms with van der Waals surface area (Å²) in [6.45, 7) is 5.28. The lowest BCUT2D eigenvalue weighted by Crippen LogP contribution is -2.53. The third-order valence-corrected chi connectivity index (χ3v) is 3.13. The van der Waals surface area contributed by atoms with Crippen LogP contribution in [-0.4, -0.2) is 55.7 Å². The van der Waals surface area contributed by atoms with Crippen LogP contribution in [0, 0.1) is 0 Å². The third kappa shape index (κ3) is 4.18. The van der Waals surface area contributed by atoms with E-state index >= 15 is 0 Å². The summed E-state index contributed by atoms with van der Waals surface area (Å²) < 4.78 is 4.84. The number of hydrogen-bond donors (Lipinski definition) is 2. The van der Waals surface area contributed by atoms with Gasteiger partial charge in [-0.15, -0.1) is 0 Å².